The molecule has 3 atom stereocenters. The van der Waals surface area contributed by atoms with Crippen LogP contribution in [0.3, 0.4) is 0 Å². The Balaban J connectivity index is 2.57. The Kier molecular flexibility index (Phi) is 5.94. The molecule has 7 nitrogen and oxygen atoms in total. The van der Waals surface area contributed by atoms with Crippen LogP contribution in [0.5, 0.6) is 0 Å². The minimum Gasteiger partial charge on any atom is -0.481 e. The number of likely N-dealkylation sites (tertiary alicyclic amines) is 1. The zero-order chi connectivity index (χ0) is 15.3. The van der Waals surface area contributed by atoms with Crippen LogP contribution in [-0.4, -0.2) is 52.1 Å². The van der Waals surface area contributed by atoms with Gasteiger partial charge in [-0.3, -0.25) is 14.4 Å². The van der Waals surface area contributed by atoms with Crippen LogP contribution in [0.1, 0.15) is 32.6 Å². The second-order valence-corrected chi connectivity index (χ2v) is 5.47. The number of rotatable bonds is 6. The second kappa shape index (κ2) is 7.23. The van der Waals surface area contributed by atoms with Crippen LogP contribution in [0.15, 0.2) is 0 Å². The number of nitrogens with two attached hydrogens (primary N) is 1. The molecule has 0 aromatic rings. The molecule has 1 fully saturated rings. The molecule has 1 aliphatic rings. The predicted octanol–water partition coefficient (Wildman–Crippen LogP) is 0.138. The number of carboxylic acid groups (broad SMARTS) is 2. The number of piperidine rings is 1. The number of aliphatic carboxylic acids is 2. The SMILES string of the molecule is CC(CC(=O)O)C1CCCN(C(=O)C(N)CC(=O)O)C1. The highest BCUT2D eigenvalue weighted by Gasteiger charge is 2.31. The van der Waals surface area contributed by atoms with Gasteiger partial charge in [-0.15, -0.1) is 0 Å². The molecule has 1 saturated heterocycles. The molecule has 0 aromatic heterocycles. The average molecular weight is 286 g/mol. The first kappa shape index (κ1) is 16.4. The van der Waals surface area contributed by atoms with Crippen LogP contribution in [-0.2, 0) is 14.4 Å². The smallest absolute Gasteiger partial charge is 0.305 e. The number of nitrogens with zero attached hydrogens (tertiary/aromatic N) is 1. The first-order valence-electron chi connectivity index (χ1n) is 6.79. The number of amides is 1. The van der Waals surface area contributed by atoms with Crippen LogP contribution in [0.2, 0.25) is 0 Å². The Bertz CT molecular complexity index is 385. The Morgan fingerprint density at radius 1 is 1.25 bits per heavy atom. The zero-order valence-electron chi connectivity index (χ0n) is 11.6. The molecule has 0 bridgehead atoms. The van der Waals surface area contributed by atoms with E-state index in [1.165, 1.54) is 0 Å². The zero-order valence-corrected chi connectivity index (χ0v) is 11.6. The van der Waals surface area contributed by atoms with E-state index in [2.05, 4.69) is 0 Å². The average Bonchev–Trinajstić information content (AvgIpc) is 2.36. The van der Waals surface area contributed by atoms with Crippen molar-refractivity contribution in [3.8, 4) is 0 Å². The van der Waals surface area contributed by atoms with Gasteiger partial charge in [0.1, 0.15) is 0 Å². The van der Waals surface area contributed by atoms with Crippen molar-refractivity contribution in [2.45, 2.75) is 38.6 Å². The molecule has 0 aromatic carbocycles. The van der Waals surface area contributed by atoms with Gasteiger partial charge < -0.3 is 20.8 Å². The van der Waals surface area contributed by atoms with Crippen LogP contribution < -0.4 is 5.73 Å². The number of carbonyl (C=O) groups is 3. The monoisotopic (exact) mass is 286 g/mol. The van der Waals surface area contributed by atoms with Crippen LogP contribution in [0.25, 0.3) is 0 Å². The molecule has 0 saturated carbocycles. The molecule has 4 N–H and O–H groups in total. The van der Waals surface area contributed by atoms with E-state index in [0.717, 1.165) is 12.8 Å². The molecular formula is C13H22N2O5. The highest BCUT2D eigenvalue weighted by molar-refractivity contribution is 5.86. The van der Waals surface area contributed by atoms with E-state index < -0.39 is 18.0 Å². The first-order chi connectivity index (χ1) is 9.31. The van der Waals surface area contributed by atoms with Crippen molar-refractivity contribution in [2.24, 2.45) is 17.6 Å². The third kappa shape index (κ3) is 4.80. The molecule has 0 spiro atoms. The summed E-state index contributed by atoms with van der Waals surface area (Å²) in [6, 6.07) is -1.03. The van der Waals surface area contributed by atoms with Crippen molar-refractivity contribution in [3.05, 3.63) is 0 Å². The molecule has 1 rings (SSSR count). The van der Waals surface area contributed by atoms with E-state index in [1.807, 2.05) is 6.92 Å². The molecule has 1 heterocycles. The lowest BCUT2D eigenvalue weighted by Gasteiger charge is -2.36. The summed E-state index contributed by atoms with van der Waals surface area (Å²) in [5, 5.41) is 17.5. The van der Waals surface area contributed by atoms with Gasteiger partial charge in [0.05, 0.1) is 12.5 Å². The number of carbonyl (C=O) groups excluding carboxylic acids is 1. The van der Waals surface area contributed by atoms with Crippen molar-refractivity contribution in [3.63, 3.8) is 0 Å². The van der Waals surface area contributed by atoms with E-state index in [-0.39, 0.29) is 30.6 Å². The normalized spacial score (nSPS) is 22.1. The van der Waals surface area contributed by atoms with Crippen LogP contribution >= 0.6 is 0 Å². The fraction of sp³-hybridized carbons (Fsp3) is 0.769. The van der Waals surface area contributed by atoms with Gasteiger partial charge in [0.2, 0.25) is 5.91 Å². The van der Waals surface area contributed by atoms with Crippen molar-refractivity contribution in [2.75, 3.05) is 13.1 Å². The third-order valence-corrected chi connectivity index (χ3v) is 3.78. The van der Waals surface area contributed by atoms with E-state index in [0.29, 0.717) is 13.1 Å². The molecule has 114 valence electrons. The van der Waals surface area contributed by atoms with Crippen molar-refractivity contribution < 1.29 is 24.6 Å². The van der Waals surface area contributed by atoms with Crippen molar-refractivity contribution in [1.82, 2.24) is 4.90 Å². The number of hydrogen-bond donors (Lipinski definition) is 3. The summed E-state index contributed by atoms with van der Waals surface area (Å²) in [6.45, 7) is 2.88. The highest BCUT2D eigenvalue weighted by atomic mass is 16.4. The molecule has 0 radical (unpaired) electrons. The van der Waals surface area contributed by atoms with Crippen molar-refractivity contribution in [1.29, 1.82) is 0 Å². The van der Waals surface area contributed by atoms with E-state index in [1.54, 1.807) is 4.90 Å². The van der Waals surface area contributed by atoms with E-state index in [4.69, 9.17) is 15.9 Å². The second-order valence-electron chi connectivity index (χ2n) is 5.47. The summed E-state index contributed by atoms with van der Waals surface area (Å²) in [5.41, 5.74) is 5.59. The highest BCUT2D eigenvalue weighted by Crippen LogP contribution is 2.26. The minimum absolute atomic E-state index is 0.0150. The van der Waals surface area contributed by atoms with Gasteiger partial charge in [0.25, 0.3) is 0 Å². The Labute approximate surface area is 117 Å². The molecule has 1 amide bonds. The quantitative estimate of drug-likeness (QED) is 0.638. The Hall–Kier alpha value is -1.63. The van der Waals surface area contributed by atoms with Crippen LogP contribution in [0.4, 0.5) is 0 Å². The maximum absolute atomic E-state index is 12.0. The lowest BCUT2D eigenvalue weighted by atomic mass is 9.84. The van der Waals surface area contributed by atoms with Gasteiger partial charge in [0, 0.05) is 19.5 Å². The minimum atomic E-state index is -1.10. The summed E-state index contributed by atoms with van der Waals surface area (Å²) in [4.78, 5) is 34.9. The van der Waals surface area contributed by atoms with Gasteiger partial charge in [-0.25, -0.2) is 0 Å². The molecule has 3 unspecified atom stereocenters. The molecule has 1 aliphatic heterocycles. The molecule has 0 aliphatic carbocycles. The summed E-state index contributed by atoms with van der Waals surface area (Å²) in [6.07, 6.45) is 1.37. The fourth-order valence-electron chi connectivity index (χ4n) is 2.63. The van der Waals surface area contributed by atoms with Gasteiger partial charge in [-0.2, -0.15) is 0 Å². The van der Waals surface area contributed by atoms with Crippen molar-refractivity contribution >= 4 is 17.8 Å². The largest absolute Gasteiger partial charge is 0.481 e. The number of carboxylic acids is 2. The molecule has 7 heteroatoms. The van der Waals surface area contributed by atoms with Crippen LogP contribution in [0, 0.1) is 11.8 Å². The third-order valence-electron chi connectivity index (χ3n) is 3.78. The first-order valence-corrected chi connectivity index (χ1v) is 6.79. The molecular weight excluding hydrogens is 264 g/mol. The maximum atomic E-state index is 12.0. The Morgan fingerprint density at radius 2 is 1.85 bits per heavy atom. The van der Waals surface area contributed by atoms with Gasteiger partial charge >= 0.3 is 11.9 Å². The van der Waals surface area contributed by atoms with Gasteiger partial charge in [-0.05, 0) is 24.7 Å². The summed E-state index contributed by atoms with van der Waals surface area (Å²) >= 11 is 0. The van der Waals surface area contributed by atoms with E-state index in [9.17, 15) is 14.4 Å². The standard InChI is InChI=1S/C13H22N2O5/c1-8(5-11(16)17)9-3-2-4-15(7-9)13(20)10(14)6-12(18)19/h8-10H,2-7,14H2,1H3,(H,16,17)(H,18,19). The lowest BCUT2D eigenvalue weighted by Crippen LogP contribution is -2.49. The molecule has 20 heavy (non-hydrogen) atoms. The fourth-order valence-corrected chi connectivity index (χ4v) is 2.63. The lowest BCUT2D eigenvalue weighted by molar-refractivity contribution is -0.143. The maximum Gasteiger partial charge on any atom is 0.305 e. The summed E-state index contributed by atoms with van der Waals surface area (Å²) in [7, 11) is 0. The summed E-state index contributed by atoms with van der Waals surface area (Å²) < 4.78 is 0. The topological polar surface area (TPSA) is 121 Å². The number of hydrogen-bond acceptors (Lipinski definition) is 4. The van der Waals surface area contributed by atoms with E-state index >= 15 is 0 Å². The summed E-state index contributed by atoms with van der Waals surface area (Å²) in [5.74, 6) is -2.19. The van der Waals surface area contributed by atoms with Gasteiger partial charge in [0.15, 0.2) is 0 Å². The predicted molar refractivity (Wildman–Crippen MR) is 70.9 cm³/mol. The Morgan fingerprint density at radius 3 is 2.40 bits per heavy atom. The van der Waals surface area contributed by atoms with Gasteiger partial charge in [-0.1, -0.05) is 6.92 Å².